The number of sulfonamides is 1. The largest absolute Gasteiger partial charge is 0.399 e. The van der Waals surface area contributed by atoms with Crippen molar-refractivity contribution in [2.45, 2.75) is 0 Å². The summed E-state index contributed by atoms with van der Waals surface area (Å²) in [5, 5.41) is 0. The van der Waals surface area contributed by atoms with E-state index in [-0.39, 0.29) is 11.3 Å². The van der Waals surface area contributed by atoms with Crippen molar-refractivity contribution >= 4 is 27.2 Å². The first-order valence-corrected chi connectivity index (χ1v) is 7.82. The maximum absolute atomic E-state index is 13.2. The molecule has 0 fully saturated rings. The van der Waals surface area contributed by atoms with E-state index in [4.69, 9.17) is 5.73 Å². The molecule has 0 amide bonds. The Morgan fingerprint density at radius 1 is 1.10 bits per heavy atom. The molecule has 0 aliphatic carbocycles. The number of carbonyl (C=O) groups excluding carboxylic acids is 1. The highest BCUT2D eigenvalue weighted by Crippen LogP contribution is 2.17. The molecule has 0 bridgehead atoms. The summed E-state index contributed by atoms with van der Waals surface area (Å²) < 4.78 is 37.7. The number of rotatable bonds is 4. The Labute approximate surface area is 121 Å². The Morgan fingerprint density at radius 3 is 2.24 bits per heavy atom. The van der Waals surface area contributed by atoms with E-state index in [2.05, 4.69) is 4.72 Å². The molecule has 0 aliphatic rings. The molecule has 21 heavy (non-hydrogen) atoms. The van der Waals surface area contributed by atoms with Crippen LogP contribution in [0.5, 0.6) is 0 Å². The highest BCUT2D eigenvalue weighted by Gasteiger charge is 2.11. The number of anilines is 2. The Hall–Kier alpha value is -2.41. The molecule has 0 saturated carbocycles. The number of carbonyl (C=O) groups is 1. The Morgan fingerprint density at radius 2 is 1.71 bits per heavy atom. The minimum Gasteiger partial charge on any atom is -0.399 e. The molecule has 0 aliphatic heterocycles. The monoisotopic (exact) mass is 308 g/mol. The van der Waals surface area contributed by atoms with Gasteiger partial charge in [-0.1, -0.05) is 0 Å². The van der Waals surface area contributed by atoms with Gasteiger partial charge >= 0.3 is 0 Å². The third-order valence-electron chi connectivity index (χ3n) is 2.63. The van der Waals surface area contributed by atoms with Gasteiger partial charge in [-0.05, 0) is 42.5 Å². The summed E-state index contributed by atoms with van der Waals surface area (Å²) in [5.74, 6) is -0.985. The van der Waals surface area contributed by atoms with Crippen molar-refractivity contribution in [3.8, 4) is 0 Å². The topological polar surface area (TPSA) is 89.3 Å². The molecule has 5 nitrogen and oxygen atoms in total. The van der Waals surface area contributed by atoms with Crippen molar-refractivity contribution < 1.29 is 17.6 Å². The fraction of sp³-hybridized carbons (Fsp3) is 0.0714. The number of nitrogen functional groups attached to an aromatic ring is 1. The van der Waals surface area contributed by atoms with Crippen LogP contribution in [0.3, 0.4) is 0 Å². The van der Waals surface area contributed by atoms with E-state index in [9.17, 15) is 17.6 Å². The summed E-state index contributed by atoms with van der Waals surface area (Å²) in [6, 6.07) is 9.42. The maximum atomic E-state index is 13.2. The smallest absolute Gasteiger partial charge is 0.229 e. The number of ketones is 1. The molecule has 2 aromatic carbocycles. The number of hydrogen-bond acceptors (Lipinski definition) is 4. The lowest BCUT2D eigenvalue weighted by Crippen LogP contribution is -2.10. The van der Waals surface area contributed by atoms with E-state index in [0.29, 0.717) is 11.3 Å². The molecular formula is C14H13FN2O3S. The lowest BCUT2D eigenvalue weighted by atomic mass is 10.0. The summed E-state index contributed by atoms with van der Waals surface area (Å²) in [5.41, 5.74) is 6.44. The number of nitrogens with one attached hydrogen (secondary N) is 1. The van der Waals surface area contributed by atoms with Gasteiger partial charge in [-0.15, -0.1) is 0 Å². The molecule has 110 valence electrons. The van der Waals surface area contributed by atoms with Crippen LogP contribution in [0.15, 0.2) is 42.5 Å². The highest BCUT2D eigenvalue weighted by molar-refractivity contribution is 7.92. The second-order valence-corrected chi connectivity index (χ2v) is 6.30. The van der Waals surface area contributed by atoms with Gasteiger partial charge in [0.1, 0.15) is 5.82 Å². The van der Waals surface area contributed by atoms with E-state index in [1.165, 1.54) is 30.3 Å². The summed E-state index contributed by atoms with van der Waals surface area (Å²) in [7, 11) is -3.37. The summed E-state index contributed by atoms with van der Waals surface area (Å²) >= 11 is 0. The van der Waals surface area contributed by atoms with Crippen LogP contribution in [0.4, 0.5) is 15.8 Å². The van der Waals surface area contributed by atoms with E-state index < -0.39 is 21.6 Å². The van der Waals surface area contributed by atoms with Gasteiger partial charge in [0.05, 0.1) is 6.26 Å². The molecule has 0 spiro atoms. The van der Waals surface area contributed by atoms with Crippen LogP contribution in [0.25, 0.3) is 0 Å². The van der Waals surface area contributed by atoms with Crippen LogP contribution in [-0.2, 0) is 10.0 Å². The van der Waals surface area contributed by atoms with Crippen molar-refractivity contribution in [1.82, 2.24) is 0 Å². The van der Waals surface area contributed by atoms with Crippen LogP contribution in [0, 0.1) is 5.82 Å². The minimum atomic E-state index is -3.37. The number of hydrogen-bond donors (Lipinski definition) is 2. The van der Waals surface area contributed by atoms with Crippen LogP contribution in [0.1, 0.15) is 15.9 Å². The van der Waals surface area contributed by atoms with E-state index >= 15 is 0 Å². The van der Waals surface area contributed by atoms with Crippen molar-refractivity contribution in [1.29, 1.82) is 0 Å². The summed E-state index contributed by atoms with van der Waals surface area (Å²) in [4.78, 5) is 12.2. The van der Waals surface area contributed by atoms with Gasteiger partial charge in [0, 0.05) is 22.5 Å². The first-order chi connectivity index (χ1) is 9.74. The number of halogens is 1. The van der Waals surface area contributed by atoms with Crippen LogP contribution >= 0.6 is 0 Å². The molecule has 2 aromatic rings. The molecule has 0 heterocycles. The molecule has 0 unspecified atom stereocenters. The molecule has 3 N–H and O–H groups in total. The molecule has 0 atom stereocenters. The first-order valence-electron chi connectivity index (χ1n) is 5.93. The van der Waals surface area contributed by atoms with Gasteiger partial charge < -0.3 is 5.73 Å². The standard InChI is InChI=1S/C14H13FN2O3S/c1-21(19,20)17-13-4-2-9(3-5-13)14(18)10-6-11(15)8-12(16)7-10/h2-8,17H,16H2,1H3. The van der Waals surface area contributed by atoms with Gasteiger partial charge in [-0.3, -0.25) is 9.52 Å². The summed E-state index contributed by atoms with van der Waals surface area (Å²) in [6.07, 6.45) is 1.03. The van der Waals surface area contributed by atoms with Crippen molar-refractivity contribution in [2.75, 3.05) is 16.7 Å². The fourth-order valence-electron chi connectivity index (χ4n) is 1.81. The Balaban J connectivity index is 2.28. The van der Waals surface area contributed by atoms with Gasteiger partial charge in [0.2, 0.25) is 10.0 Å². The molecule has 0 saturated heterocycles. The third kappa shape index (κ3) is 4.03. The molecule has 0 aromatic heterocycles. The van der Waals surface area contributed by atoms with Crippen LogP contribution in [-0.4, -0.2) is 20.5 Å². The zero-order valence-corrected chi connectivity index (χ0v) is 11.9. The Bertz CT molecular complexity index is 766. The normalized spacial score (nSPS) is 11.1. The lowest BCUT2D eigenvalue weighted by Gasteiger charge is -2.06. The predicted molar refractivity (Wildman–Crippen MR) is 79.2 cm³/mol. The van der Waals surface area contributed by atoms with Crippen LogP contribution in [0.2, 0.25) is 0 Å². The van der Waals surface area contributed by atoms with Crippen LogP contribution < -0.4 is 10.5 Å². The number of benzene rings is 2. The zero-order chi connectivity index (χ0) is 15.6. The Kier molecular flexibility index (Phi) is 3.95. The average molecular weight is 308 g/mol. The number of nitrogens with two attached hydrogens (primary N) is 1. The average Bonchev–Trinajstić information content (AvgIpc) is 2.35. The quantitative estimate of drug-likeness (QED) is 0.668. The van der Waals surface area contributed by atoms with Crippen molar-refractivity contribution in [3.63, 3.8) is 0 Å². The summed E-state index contributed by atoms with van der Waals surface area (Å²) in [6.45, 7) is 0. The van der Waals surface area contributed by atoms with Gasteiger partial charge in [-0.25, -0.2) is 12.8 Å². The van der Waals surface area contributed by atoms with E-state index in [0.717, 1.165) is 18.4 Å². The fourth-order valence-corrected chi connectivity index (χ4v) is 2.38. The van der Waals surface area contributed by atoms with Crippen molar-refractivity contribution in [3.05, 3.63) is 59.4 Å². The third-order valence-corrected chi connectivity index (χ3v) is 3.24. The predicted octanol–water partition coefficient (Wildman–Crippen LogP) is 2.01. The second kappa shape index (κ2) is 5.53. The second-order valence-electron chi connectivity index (χ2n) is 4.55. The zero-order valence-electron chi connectivity index (χ0n) is 11.1. The molecule has 2 rings (SSSR count). The van der Waals surface area contributed by atoms with Gasteiger partial charge in [0.25, 0.3) is 0 Å². The minimum absolute atomic E-state index is 0.135. The molecule has 0 radical (unpaired) electrons. The lowest BCUT2D eigenvalue weighted by molar-refractivity contribution is 0.103. The van der Waals surface area contributed by atoms with E-state index in [1.54, 1.807) is 0 Å². The molecular weight excluding hydrogens is 295 g/mol. The van der Waals surface area contributed by atoms with Gasteiger partial charge in [0.15, 0.2) is 5.78 Å². The SMILES string of the molecule is CS(=O)(=O)Nc1ccc(C(=O)c2cc(N)cc(F)c2)cc1. The van der Waals surface area contributed by atoms with Gasteiger partial charge in [-0.2, -0.15) is 0 Å². The van der Waals surface area contributed by atoms with Crippen molar-refractivity contribution in [2.24, 2.45) is 0 Å². The molecule has 7 heteroatoms. The maximum Gasteiger partial charge on any atom is 0.229 e. The highest BCUT2D eigenvalue weighted by atomic mass is 32.2. The first kappa shape index (κ1) is 15.0. The van der Waals surface area contributed by atoms with E-state index in [1.807, 2.05) is 0 Å².